The minimum absolute atomic E-state index is 0.0700. The van der Waals surface area contributed by atoms with Crippen molar-refractivity contribution in [2.24, 2.45) is 0 Å². The van der Waals surface area contributed by atoms with Crippen molar-refractivity contribution in [3.8, 4) is 0 Å². The fourth-order valence-corrected chi connectivity index (χ4v) is 3.43. The molecule has 5 nitrogen and oxygen atoms in total. The number of nitrogens with zero attached hydrogens (tertiary/aromatic N) is 1. The second-order valence-electron chi connectivity index (χ2n) is 3.57. The van der Waals surface area contributed by atoms with Crippen LogP contribution in [0.15, 0.2) is 0 Å². The summed E-state index contributed by atoms with van der Waals surface area (Å²) in [5.41, 5.74) is 0. The Kier molecular flexibility index (Phi) is 4.79. The van der Waals surface area contributed by atoms with Gasteiger partial charge in [0.2, 0.25) is 10.0 Å². The van der Waals surface area contributed by atoms with Crippen molar-refractivity contribution in [2.45, 2.75) is 19.1 Å². The first-order valence-electron chi connectivity index (χ1n) is 4.79. The molecule has 1 saturated heterocycles. The van der Waals surface area contributed by atoms with Crippen molar-refractivity contribution in [1.82, 2.24) is 4.31 Å². The fourth-order valence-electron chi connectivity index (χ4n) is 1.56. The van der Waals surface area contributed by atoms with Gasteiger partial charge >= 0.3 is 0 Å². The number of alkyl halides is 1. The Labute approximate surface area is 95.0 Å². The molecule has 7 heteroatoms. The van der Waals surface area contributed by atoms with Gasteiger partial charge in [-0.05, 0) is 6.92 Å². The van der Waals surface area contributed by atoms with Crippen molar-refractivity contribution in [3.05, 3.63) is 0 Å². The maximum atomic E-state index is 11.7. The molecule has 0 amide bonds. The van der Waals surface area contributed by atoms with Crippen molar-refractivity contribution in [2.75, 3.05) is 31.3 Å². The lowest BCUT2D eigenvalue weighted by Gasteiger charge is -2.35. The summed E-state index contributed by atoms with van der Waals surface area (Å²) < 4.78 is 30.1. The van der Waals surface area contributed by atoms with Gasteiger partial charge in [-0.25, -0.2) is 8.42 Å². The Morgan fingerprint density at radius 2 is 2.20 bits per heavy atom. The highest BCUT2D eigenvalue weighted by Crippen LogP contribution is 2.15. The molecule has 1 heterocycles. The van der Waals surface area contributed by atoms with E-state index in [2.05, 4.69) is 0 Å². The van der Waals surface area contributed by atoms with Crippen LogP contribution in [-0.4, -0.2) is 61.4 Å². The number of halogens is 1. The topological polar surface area (TPSA) is 66.8 Å². The van der Waals surface area contributed by atoms with Crippen LogP contribution in [0.2, 0.25) is 0 Å². The maximum absolute atomic E-state index is 11.7. The Morgan fingerprint density at radius 3 is 2.73 bits per heavy atom. The number of hydrogen-bond donors (Lipinski definition) is 1. The molecule has 1 aliphatic heterocycles. The minimum Gasteiger partial charge on any atom is -0.394 e. The summed E-state index contributed by atoms with van der Waals surface area (Å²) in [6.45, 7) is 2.15. The molecule has 90 valence electrons. The second-order valence-corrected chi connectivity index (χ2v) is 6.04. The van der Waals surface area contributed by atoms with E-state index in [-0.39, 0.29) is 30.9 Å². The van der Waals surface area contributed by atoms with Crippen LogP contribution in [0.4, 0.5) is 0 Å². The third-order valence-corrected chi connectivity index (χ3v) is 4.44. The molecule has 0 spiro atoms. The molecule has 0 aromatic carbocycles. The van der Waals surface area contributed by atoms with Crippen LogP contribution in [0.25, 0.3) is 0 Å². The van der Waals surface area contributed by atoms with E-state index >= 15 is 0 Å². The molecule has 1 aliphatic rings. The molecular weight excluding hydrogens is 242 g/mol. The van der Waals surface area contributed by atoms with Crippen LogP contribution in [0.3, 0.4) is 0 Å². The van der Waals surface area contributed by atoms with E-state index in [1.54, 1.807) is 6.92 Å². The van der Waals surface area contributed by atoms with E-state index in [0.717, 1.165) is 0 Å². The maximum Gasteiger partial charge on any atom is 0.215 e. The van der Waals surface area contributed by atoms with E-state index < -0.39 is 16.1 Å². The van der Waals surface area contributed by atoms with E-state index in [9.17, 15) is 8.42 Å². The first kappa shape index (κ1) is 13.2. The number of aliphatic hydroxyl groups excluding tert-OH is 1. The molecule has 15 heavy (non-hydrogen) atoms. The normalized spacial score (nSPS) is 29.3. The lowest BCUT2D eigenvalue weighted by atomic mass is 10.2. The highest BCUT2D eigenvalue weighted by molar-refractivity contribution is 7.89. The van der Waals surface area contributed by atoms with E-state index in [0.29, 0.717) is 6.54 Å². The van der Waals surface area contributed by atoms with Gasteiger partial charge in [-0.1, -0.05) is 0 Å². The zero-order valence-electron chi connectivity index (χ0n) is 8.60. The van der Waals surface area contributed by atoms with Crippen LogP contribution in [0, 0.1) is 0 Å². The van der Waals surface area contributed by atoms with Gasteiger partial charge in [0.25, 0.3) is 0 Å². The van der Waals surface area contributed by atoms with Gasteiger partial charge in [0.1, 0.15) is 0 Å². The van der Waals surface area contributed by atoms with E-state index in [1.165, 1.54) is 4.31 Å². The molecule has 0 aliphatic carbocycles. The summed E-state index contributed by atoms with van der Waals surface area (Å²) in [7, 11) is -3.30. The van der Waals surface area contributed by atoms with Crippen LogP contribution in [0.1, 0.15) is 6.92 Å². The predicted octanol–water partition coefficient (Wildman–Crippen LogP) is -0.363. The van der Waals surface area contributed by atoms with Crippen molar-refractivity contribution in [3.63, 3.8) is 0 Å². The lowest BCUT2D eigenvalue weighted by Crippen LogP contribution is -2.50. The van der Waals surface area contributed by atoms with Gasteiger partial charge in [0.15, 0.2) is 0 Å². The summed E-state index contributed by atoms with van der Waals surface area (Å²) >= 11 is 5.43. The van der Waals surface area contributed by atoms with Gasteiger partial charge < -0.3 is 9.84 Å². The van der Waals surface area contributed by atoms with E-state index in [1.807, 2.05) is 0 Å². The Bertz CT molecular complexity index is 295. The van der Waals surface area contributed by atoms with Gasteiger partial charge in [-0.2, -0.15) is 4.31 Å². The molecule has 0 saturated carbocycles. The van der Waals surface area contributed by atoms with Crippen molar-refractivity contribution >= 4 is 21.6 Å². The summed E-state index contributed by atoms with van der Waals surface area (Å²) in [6.07, 6.45) is -0.625. The van der Waals surface area contributed by atoms with Gasteiger partial charge in [0.05, 0.1) is 24.6 Å². The Hall–Kier alpha value is 0.120. The number of rotatable bonds is 4. The van der Waals surface area contributed by atoms with Crippen LogP contribution in [0.5, 0.6) is 0 Å². The van der Waals surface area contributed by atoms with Gasteiger partial charge in [-0.15, -0.1) is 11.6 Å². The zero-order chi connectivity index (χ0) is 11.5. The summed E-state index contributed by atoms with van der Waals surface area (Å²) in [6, 6.07) is 0. The largest absolute Gasteiger partial charge is 0.394 e. The Morgan fingerprint density at radius 1 is 1.53 bits per heavy atom. The first-order chi connectivity index (χ1) is 6.99. The predicted molar refractivity (Wildman–Crippen MR) is 57.5 cm³/mol. The number of morpholine rings is 1. The second kappa shape index (κ2) is 5.45. The highest BCUT2D eigenvalue weighted by Gasteiger charge is 2.31. The van der Waals surface area contributed by atoms with Crippen molar-refractivity contribution in [1.29, 1.82) is 0 Å². The fraction of sp³-hybridized carbons (Fsp3) is 1.00. The summed E-state index contributed by atoms with van der Waals surface area (Å²) in [5.74, 6) is 0.0112. The molecule has 0 aromatic heterocycles. The van der Waals surface area contributed by atoms with E-state index in [4.69, 9.17) is 21.4 Å². The zero-order valence-corrected chi connectivity index (χ0v) is 10.2. The average molecular weight is 258 g/mol. The van der Waals surface area contributed by atoms with Gasteiger partial charge in [-0.3, -0.25) is 0 Å². The molecule has 1 rings (SSSR count). The molecule has 1 fully saturated rings. The van der Waals surface area contributed by atoms with Crippen LogP contribution in [-0.2, 0) is 14.8 Å². The first-order valence-corrected chi connectivity index (χ1v) is 6.94. The third kappa shape index (κ3) is 3.57. The summed E-state index contributed by atoms with van der Waals surface area (Å²) in [5, 5.41) is 8.95. The monoisotopic (exact) mass is 257 g/mol. The smallest absolute Gasteiger partial charge is 0.215 e. The third-order valence-electron chi connectivity index (χ3n) is 2.22. The minimum atomic E-state index is -3.30. The molecule has 0 bridgehead atoms. The standard InChI is InChI=1S/C8H16ClNO4S/c1-7-4-10(5-8(6-11)14-7)15(12,13)3-2-9/h7-8,11H,2-6H2,1H3. The Balaban J connectivity index is 2.69. The quantitative estimate of drug-likeness (QED) is 0.699. The van der Waals surface area contributed by atoms with Crippen molar-refractivity contribution < 1.29 is 18.3 Å². The van der Waals surface area contributed by atoms with Gasteiger partial charge in [0, 0.05) is 19.0 Å². The lowest BCUT2D eigenvalue weighted by molar-refractivity contribution is -0.0750. The molecule has 2 unspecified atom stereocenters. The molecule has 0 aromatic rings. The number of sulfonamides is 1. The molecule has 1 N–H and O–H groups in total. The summed E-state index contributed by atoms with van der Waals surface area (Å²) in [4.78, 5) is 0. The SMILES string of the molecule is CC1CN(S(=O)(=O)CCCl)CC(CO)O1. The van der Waals surface area contributed by atoms with Crippen LogP contribution >= 0.6 is 11.6 Å². The number of ether oxygens (including phenoxy) is 1. The molecule has 2 atom stereocenters. The number of hydrogen-bond acceptors (Lipinski definition) is 4. The van der Waals surface area contributed by atoms with Crippen LogP contribution < -0.4 is 0 Å². The molecular formula is C8H16ClNO4S. The highest BCUT2D eigenvalue weighted by atomic mass is 35.5. The number of aliphatic hydroxyl groups is 1. The average Bonchev–Trinajstić information content (AvgIpc) is 2.16. The molecule has 0 radical (unpaired) electrons.